The van der Waals surface area contributed by atoms with Crippen LogP contribution >= 0.6 is 11.3 Å². The summed E-state index contributed by atoms with van der Waals surface area (Å²) in [6.45, 7) is 4.71. The van der Waals surface area contributed by atoms with Crippen LogP contribution in [-0.4, -0.2) is 4.57 Å². The third-order valence-electron chi connectivity index (χ3n) is 10.4. The van der Waals surface area contributed by atoms with E-state index in [2.05, 4.69) is 170 Å². The Kier molecular flexibility index (Phi) is 5.57. The summed E-state index contributed by atoms with van der Waals surface area (Å²) >= 11 is 1.92. The van der Waals surface area contributed by atoms with Gasteiger partial charge in [0.2, 0.25) is 0 Å². The lowest BCUT2D eigenvalue weighted by Crippen LogP contribution is -2.14. The zero-order chi connectivity index (χ0) is 31.3. The number of aromatic nitrogens is 1. The molecule has 2 heterocycles. The highest BCUT2D eigenvalue weighted by molar-refractivity contribution is 7.26. The van der Waals surface area contributed by atoms with Crippen molar-refractivity contribution in [2.24, 2.45) is 0 Å². The number of benzene rings is 7. The fourth-order valence-electron chi connectivity index (χ4n) is 8.16. The van der Waals surface area contributed by atoms with Gasteiger partial charge in [-0.1, -0.05) is 129 Å². The number of fused-ring (bicyclic) bond motifs is 10. The Bertz CT molecular complexity index is 2700. The summed E-state index contributed by atoms with van der Waals surface area (Å²) in [7, 11) is 0. The van der Waals surface area contributed by atoms with Crippen LogP contribution in [0.1, 0.15) is 25.0 Å². The molecule has 9 aromatic rings. The van der Waals surface area contributed by atoms with Crippen molar-refractivity contribution < 1.29 is 0 Å². The van der Waals surface area contributed by atoms with Gasteiger partial charge in [0.1, 0.15) is 0 Å². The molecular weight excluding hydrogens is 587 g/mol. The Labute approximate surface area is 278 Å². The van der Waals surface area contributed by atoms with Gasteiger partial charge < -0.3 is 4.57 Å². The smallest absolute Gasteiger partial charge is 0.0634 e. The van der Waals surface area contributed by atoms with Gasteiger partial charge in [-0.25, -0.2) is 0 Å². The largest absolute Gasteiger partial charge is 0.309 e. The molecule has 0 atom stereocenters. The van der Waals surface area contributed by atoms with Gasteiger partial charge in [-0.05, 0) is 75.3 Å². The first-order valence-corrected chi connectivity index (χ1v) is 17.2. The van der Waals surface area contributed by atoms with Crippen LogP contribution < -0.4 is 0 Å². The van der Waals surface area contributed by atoms with Gasteiger partial charge >= 0.3 is 0 Å². The second-order valence-electron chi connectivity index (χ2n) is 13.3. The van der Waals surface area contributed by atoms with Crippen molar-refractivity contribution in [3.8, 4) is 39.1 Å². The highest BCUT2D eigenvalue weighted by Gasteiger charge is 2.35. The van der Waals surface area contributed by atoms with Crippen molar-refractivity contribution in [2.45, 2.75) is 19.3 Å². The Hall–Kier alpha value is -5.44. The molecule has 2 heteroatoms. The number of hydrogen-bond acceptors (Lipinski definition) is 1. The van der Waals surface area contributed by atoms with Gasteiger partial charge in [0.25, 0.3) is 0 Å². The van der Waals surface area contributed by atoms with E-state index in [9.17, 15) is 0 Å². The van der Waals surface area contributed by atoms with E-state index in [1.807, 2.05) is 11.3 Å². The molecule has 7 aromatic carbocycles. The number of para-hydroxylation sites is 1. The molecular formula is C45H31NS. The number of hydrogen-bond donors (Lipinski definition) is 0. The minimum atomic E-state index is -0.0109. The SMILES string of the molecule is CC1(C)c2ccccc2-c2cc(-c3cc4c5ccccc5n(-c5cccc(-c6ccccc6)c5)c4c4c3sc3ccccc34)ccc21. The molecule has 0 amide bonds. The molecule has 10 rings (SSSR count). The number of thiophene rings is 1. The molecule has 0 radical (unpaired) electrons. The van der Waals surface area contributed by atoms with Gasteiger partial charge in [0.05, 0.1) is 11.0 Å². The van der Waals surface area contributed by atoms with Crippen molar-refractivity contribution >= 4 is 53.3 Å². The van der Waals surface area contributed by atoms with Gasteiger partial charge in [0, 0.05) is 47.6 Å². The molecule has 0 spiro atoms. The first-order valence-electron chi connectivity index (χ1n) is 16.4. The highest BCUT2D eigenvalue weighted by Crippen LogP contribution is 2.52. The maximum Gasteiger partial charge on any atom is 0.0634 e. The normalized spacial score (nSPS) is 13.5. The lowest BCUT2D eigenvalue weighted by atomic mass is 9.82. The molecule has 0 saturated carbocycles. The Morgan fingerprint density at radius 3 is 2.11 bits per heavy atom. The summed E-state index contributed by atoms with van der Waals surface area (Å²) in [5.41, 5.74) is 14.2. The molecule has 2 aromatic heterocycles. The molecule has 0 saturated heterocycles. The first kappa shape index (κ1) is 26.7. The van der Waals surface area contributed by atoms with E-state index in [-0.39, 0.29) is 5.41 Å². The summed E-state index contributed by atoms with van der Waals surface area (Å²) in [6, 6.07) is 56.2. The summed E-state index contributed by atoms with van der Waals surface area (Å²) in [4.78, 5) is 0. The number of nitrogens with zero attached hydrogens (tertiary/aromatic N) is 1. The van der Waals surface area contributed by atoms with Crippen LogP contribution in [0, 0.1) is 0 Å². The molecule has 222 valence electrons. The lowest BCUT2D eigenvalue weighted by Gasteiger charge is -2.21. The van der Waals surface area contributed by atoms with Gasteiger partial charge in [-0.2, -0.15) is 0 Å². The Morgan fingerprint density at radius 2 is 1.21 bits per heavy atom. The van der Waals surface area contributed by atoms with Crippen molar-refractivity contribution in [3.63, 3.8) is 0 Å². The predicted octanol–water partition coefficient (Wildman–Crippen LogP) is 12.8. The van der Waals surface area contributed by atoms with Gasteiger partial charge in [-0.15, -0.1) is 11.3 Å². The van der Waals surface area contributed by atoms with E-state index in [0.29, 0.717) is 0 Å². The standard InChI is InChI=1S/C45H31NS/c1-45(2)38-20-9-6-17-32(38)36-26-30(23-24-39(36)45)35-27-37-33-18-7-10-21-40(33)46(31-16-12-15-29(25-31)28-13-4-3-5-14-28)43(37)42-34-19-8-11-22-41(34)47-44(35)42/h3-27H,1-2H3. The summed E-state index contributed by atoms with van der Waals surface area (Å²) in [6.07, 6.45) is 0. The second kappa shape index (κ2) is 9.78. The monoisotopic (exact) mass is 617 g/mol. The minimum Gasteiger partial charge on any atom is -0.309 e. The Balaban J connectivity index is 1.31. The fraction of sp³-hybridized carbons (Fsp3) is 0.0667. The van der Waals surface area contributed by atoms with Crippen molar-refractivity contribution in [3.05, 3.63) is 163 Å². The summed E-state index contributed by atoms with van der Waals surface area (Å²) in [5.74, 6) is 0. The Morgan fingerprint density at radius 1 is 0.489 bits per heavy atom. The van der Waals surface area contributed by atoms with E-state index < -0.39 is 0 Å². The fourth-order valence-corrected chi connectivity index (χ4v) is 9.41. The third kappa shape index (κ3) is 3.77. The van der Waals surface area contributed by atoms with Crippen LogP contribution in [0.15, 0.2) is 152 Å². The molecule has 47 heavy (non-hydrogen) atoms. The molecule has 1 nitrogen and oxygen atoms in total. The van der Waals surface area contributed by atoms with Crippen LogP contribution in [0.25, 0.3) is 81.0 Å². The van der Waals surface area contributed by atoms with Gasteiger partial charge in [-0.3, -0.25) is 0 Å². The van der Waals surface area contributed by atoms with Crippen molar-refractivity contribution in [2.75, 3.05) is 0 Å². The van der Waals surface area contributed by atoms with Crippen LogP contribution in [0.2, 0.25) is 0 Å². The molecule has 0 bridgehead atoms. The second-order valence-corrected chi connectivity index (χ2v) is 14.4. The van der Waals surface area contributed by atoms with Crippen LogP contribution in [0.3, 0.4) is 0 Å². The molecule has 0 N–H and O–H groups in total. The molecule has 1 aliphatic carbocycles. The highest BCUT2D eigenvalue weighted by atomic mass is 32.1. The average molecular weight is 618 g/mol. The third-order valence-corrected chi connectivity index (χ3v) is 11.6. The summed E-state index contributed by atoms with van der Waals surface area (Å²) < 4.78 is 5.16. The van der Waals surface area contributed by atoms with E-state index in [4.69, 9.17) is 0 Å². The van der Waals surface area contributed by atoms with Crippen LogP contribution in [0.5, 0.6) is 0 Å². The zero-order valence-corrected chi connectivity index (χ0v) is 27.1. The van der Waals surface area contributed by atoms with Gasteiger partial charge in [0.15, 0.2) is 0 Å². The van der Waals surface area contributed by atoms with E-state index in [1.165, 1.54) is 92.2 Å². The lowest BCUT2D eigenvalue weighted by molar-refractivity contribution is 0.660. The average Bonchev–Trinajstić information content (AvgIpc) is 3.74. The topological polar surface area (TPSA) is 4.93 Å². The van der Waals surface area contributed by atoms with Crippen LogP contribution in [0.4, 0.5) is 0 Å². The van der Waals surface area contributed by atoms with E-state index in [0.717, 1.165) is 0 Å². The predicted molar refractivity (Wildman–Crippen MR) is 202 cm³/mol. The van der Waals surface area contributed by atoms with Crippen LogP contribution in [-0.2, 0) is 5.41 Å². The molecule has 0 aliphatic heterocycles. The molecule has 1 aliphatic rings. The maximum absolute atomic E-state index is 2.50. The zero-order valence-electron chi connectivity index (χ0n) is 26.3. The van der Waals surface area contributed by atoms with E-state index in [1.54, 1.807) is 0 Å². The first-order chi connectivity index (χ1) is 23.1. The maximum atomic E-state index is 2.50. The minimum absolute atomic E-state index is 0.0109. The van der Waals surface area contributed by atoms with Crippen molar-refractivity contribution in [1.29, 1.82) is 0 Å². The van der Waals surface area contributed by atoms with Crippen molar-refractivity contribution in [1.82, 2.24) is 4.57 Å². The quantitative estimate of drug-likeness (QED) is 0.186. The number of rotatable bonds is 3. The van der Waals surface area contributed by atoms with E-state index >= 15 is 0 Å². The molecule has 0 unspecified atom stereocenters. The molecule has 0 fully saturated rings. The summed E-state index contributed by atoms with van der Waals surface area (Å²) in [5, 5.41) is 5.22.